The minimum absolute atomic E-state index is 0.0317. The number of rotatable bonds is 8. The number of nitrogens with one attached hydrogen (secondary N) is 1. The molecule has 1 atom stereocenters. The van der Waals surface area contributed by atoms with Crippen LogP contribution < -0.4 is 5.32 Å². The monoisotopic (exact) mass is 450 g/mol. The van der Waals surface area contributed by atoms with E-state index in [4.69, 9.17) is 9.40 Å². The van der Waals surface area contributed by atoms with Crippen LogP contribution in [0.25, 0.3) is 22.4 Å². The SMILES string of the molecule is Cn1c(C(NC(=O)CCCc2ncc(-c3ccccc3)o2)c2ccccc2)nc2ccccc21. The number of amides is 1. The van der Waals surface area contributed by atoms with E-state index < -0.39 is 0 Å². The number of hydrogen-bond acceptors (Lipinski definition) is 4. The number of fused-ring (bicyclic) bond motifs is 1. The third kappa shape index (κ3) is 4.62. The number of carbonyl (C=O) groups excluding carboxylic acids is 1. The zero-order valence-corrected chi connectivity index (χ0v) is 19.0. The summed E-state index contributed by atoms with van der Waals surface area (Å²) in [4.78, 5) is 22.1. The Morgan fingerprint density at radius 1 is 0.971 bits per heavy atom. The van der Waals surface area contributed by atoms with E-state index >= 15 is 0 Å². The maximum absolute atomic E-state index is 12.9. The largest absolute Gasteiger partial charge is 0.441 e. The fraction of sp³-hybridized carbons (Fsp3) is 0.179. The molecule has 1 amide bonds. The van der Waals surface area contributed by atoms with Crippen molar-refractivity contribution in [1.29, 1.82) is 0 Å². The predicted octanol–water partition coefficient (Wildman–Crippen LogP) is 5.46. The van der Waals surface area contributed by atoms with Crippen LogP contribution in [0, 0.1) is 0 Å². The van der Waals surface area contributed by atoms with Gasteiger partial charge in [0.05, 0.1) is 17.2 Å². The molecule has 0 aliphatic carbocycles. The van der Waals surface area contributed by atoms with E-state index in [1.807, 2.05) is 96.5 Å². The first-order valence-electron chi connectivity index (χ1n) is 11.4. The average molecular weight is 451 g/mol. The summed E-state index contributed by atoms with van der Waals surface area (Å²) in [5.74, 6) is 2.16. The van der Waals surface area contributed by atoms with Crippen LogP contribution in [0.3, 0.4) is 0 Å². The topological polar surface area (TPSA) is 73.0 Å². The second-order valence-corrected chi connectivity index (χ2v) is 8.27. The molecule has 6 heteroatoms. The molecule has 1 unspecified atom stereocenters. The summed E-state index contributed by atoms with van der Waals surface area (Å²) < 4.78 is 7.91. The predicted molar refractivity (Wildman–Crippen MR) is 132 cm³/mol. The molecular weight excluding hydrogens is 424 g/mol. The maximum atomic E-state index is 12.9. The maximum Gasteiger partial charge on any atom is 0.220 e. The molecule has 0 spiro atoms. The standard InChI is InChI=1S/C28H26N4O2/c1-32-23-16-9-8-15-22(23)30-28(32)27(21-13-6-3-7-14-21)31-25(33)17-10-18-26-29-19-24(34-26)20-11-4-2-5-12-20/h2-9,11-16,19,27H,10,17-18H2,1H3,(H,31,33). The number of imidazole rings is 1. The Morgan fingerprint density at radius 2 is 1.68 bits per heavy atom. The Labute approximate surface area is 198 Å². The first-order chi connectivity index (χ1) is 16.7. The molecule has 3 aromatic carbocycles. The van der Waals surface area contributed by atoms with Crippen LogP contribution >= 0.6 is 0 Å². The van der Waals surface area contributed by atoms with Crippen molar-refractivity contribution < 1.29 is 9.21 Å². The molecule has 5 rings (SSSR count). The van der Waals surface area contributed by atoms with Crippen molar-refractivity contribution in [3.05, 3.63) is 108 Å². The first-order valence-corrected chi connectivity index (χ1v) is 11.4. The molecule has 0 aliphatic rings. The van der Waals surface area contributed by atoms with Crippen molar-refractivity contribution in [3.63, 3.8) is 0 Å². The molecule has 0 saturated carbocycles. The van der Waals surface area contributed by atoms with Crippen LogP contribution in [0.15, 0.2) is 95.5 Å². The van der Waals surface area contributed by atoms with Gasteiger partial charge in [0.1, 0.15) is 11.9 Å². The van der Waals surface area contributed by atoms with Crippen molar-refractivity contribution in [1.82, 2.24) is 19.9 Å². The Bertz CT molecular complexity index is 1390. The van der Waals surface area contributed by atoms with E-state index in [-0.39, 0.29) is 11.9 Å². The van der Waals surface area contributed by atoms with Gasteiger partial charge in [-0.05, 0) is 24.1 Å². The van der Waals surface area contributed by atoms with E-state index in [2.05, 4.69) is 10.3 Å². The van der Waals surface area contributed by atoms with Gasteiger partial charge in [-0.25, -0.2) is 9.97 Å². The fourth-order valence-electron chi connectivity index (χ4n) is 4.16. The Hall–Kier alpha value is -4.19. The van der Waals surface area contributed by atoms with Gasteiger partial charge in [0.2, 0.25) is 5.91 Å². The van der Waals surface area contributed by atoms with E-state index in [1.54, 1.807) is 6.20 Å². The van der Waals surface area contributed by atoms with E-state index in [0.717, 1.165) is 33.7 Å². The summed E-state index contributed by atoms with van der Waals surface area (Å²) in [5.41, 5.74) is 3.93. The lowest BCUT2D eigenvalue weighted by Gasteiger charge is -2.19. The summed E-state index contributed by atoms with van der Waals surface area (Å²) >= 11 is 0. The first kappa shape index (κ1) is 21.6. The van der Waals surface area contributed by atoms with Gasteiger partial charge in [-0.3, -0.25) is 4.79 Å². The average Bonchev–Trinajstić information content (AvgIpc) is 3.49. The highest BCUT2D eigenvalue weighted by Crippen LogP contribution is 2.25. The lowest BCUT2D eigenvalue weighted by molar-refractivity contribution is -0.121. The molecule has 2 aromatic heterocycles. The minimum atomic E-state index is -0.336. The second-order valence-electron chi connectivity index (χ2n) is 8.27. The van der Waals surface area contributed by atoms with Crippen molar-refractivity contribution in [2.75, 3.05) is 0 Å². The van der Waals surface area contributed by atoms with Gasteiger partial charge in [0, 0.05) is 25.5 Å². The summed E-state index contributed by atoms with van der Waals surface area (Å²) in [6.45, 7) is 0. The van der Waals surface area contributed by atoms with Crippen molar-refractivity contribution >= 4 is 16.9 Å². The lowest BCUT2D eigenvalue weighted by atomic mass is 10.1. The van der Waals surface area contributed by atoms with Gasteiger partial charge in [-0.2, -0.15) is 0 Å². The summed E-state index contributed by atoms with van der Waals surface area (Å²) in [6, 6.07) is 27.5. The second kappa shape index (κ2) is 9.75. The summed E-state index contributed by atoms with van der Waals surface area (Å²) in [5, 5.41) is 3.20. The zero-order chi connectivity index (χ0) is 23.3. The van der Waals surface area contributed by atoms with Gasteiger partial charge < -0.3 is 14.3 Å². The Kier molecular flexibility index (Phi) is 6.21. The van der Waals surface area contributed by atoms with Crippen LogP contribution in [0.4, 0.5) is 0 Å². The smallest absolute Gasteiger partial charge is 0.220 e. The van der Waals surface area contributed by atoms with Crippen LogP contribution in [0.2, 0.25) is 0 Å². The molecule has 170 valence electrons. The minimum Gasteiger partial charge on any atom is -0.441 e. The number of para-hydroxylation sites is 2. The molecule has 0 aliphatic heterocycles. The third-order valence-electron chi connectivity index (χ3n) is 5.92. The number of benzene rings is 3. The highest BCUT2D eigenvalue weighted by atomic mass is 16.4. The van der Waals surface area contributed by atoms with E-state index in [0.29, 0.717) is 25.2 Å². The van der Waals surface area contributed by atoms with E-state index in [9.17, 15) is 4.79 Å². The van der Waals surface area contributed by atoms with Gasteiger partial charge >= 0.3 is 0 Å². The molecule has 0 radical (unpaired) electrons. The number of aryl methyl sites for hydroxylation is 2. The Morgan fingerprint density at radius 3 is 2.44 bits per heavy atom. The molecule has 34 heavy (non-hydrogen) atoms. The summed E-state index contributed by atoms with van der Waals surface area (Å²) in [6.07, 6.45) is 3.35. The lowest BCUT2D eigenvalue weighted by Crippen LogP contribution is -2.31. The third-order valence-corrected chi connectivity index (χ3v) is 5.92. The molecule has 0 saturated heterocycles. The molecule has 0 bridgehead atoms. The molecule has 1 N–H and O–H groups in total. The number of carbonyl (C=O) groups is 1. The van der Waals surface area contributed by atoms with Gasteiger partial charge in [-0.1, -0.05) is 72.8 Å². The van der Waals surface area contributed by atoms with Gasteiger partial charge in [0.15, 0.2) is 11.7 Å². The molecule has 0 fully saturated rings. The normalized spacial score (nSPS) is 12.0. The fourth-order valence-corrected chi connectivity index (χ4v) is 4.16. The van der Waals surface area contributed by atoms with Crippen molar-refractivity contribution in [2.24, 2.45) is 7.05 Å². The van der Waals surface area contributed by atoms with Gasteiger partial charge in [-0.15, -0.1) is 0 Å². The van der Waals surface area contributed by atoms with Crippen LogP contribution in [0.5, 0.6) is 0 Å². The summed E-state index contributed by atoms with van der Waals surface area (Å²) in [7, 11) is 1.99. The number of hydrogen-bond donors (Lipinski definition) is 1. The van der Waals surface area contributed by atoms with Crippen molar-refractivity contribution in [2.45, 2.75) is 25.3 Å². The Balaban J connectivity index is 1.27. The highest BCUT2D eigenvalue weighted by Gasteiger charge is 2.22. The van der Waals surface area contributed by atoms with Crippen LogP contribution in [-0.2, 0) is 18.3 Å². The highest BCUT2D eigenvalue weighted by molar-refractivity contribution is 5.78. The molecule has 2 heterocycles. The number of nitrogens with zero attached hydrogens (tertiary/aromatic N) is 3. The van der Waals surface area contributed by atoms with Gasteiger partial charge in [0.25, 0.3) is 0 Å². The van der Waals surface area contributed by atoms with Crippen molar-refractivity contribution in [3.8, 4) is 11.3 Å². The quantitative estimate of drug-likeness (QED) is 0.341. The van der Waals surface area contributed by atoms with Crippen LogP contribution in [-0.4, -0.2) is 20.4 Å². The number of oxazole rings is 1. The number of aromatic nitrogens is 3. The molecular formula is C28H26N4O2. The molecule has 6 nitrogen and oxygen atoms in total. The zero-order valence-electron chi connectivity index (χ0n) is 19.0. The van der Waals surface area contributed by atoms with Crippen LogP contribution in [0.1, 0.15) is 36.2 Å². The molecule has 5 aromatic rings. The van der Waals surface area contributed by atoms with E-state index in [1.165, 1.54) is 0 Å².